The second-order valence-corrected chi connectivity index (χ2v) is 9.54. The molecule has 4 nitrogen and oxygen atoms in total. The molecule has 26 heavy (non-hydrogen) atoms. The Balaban J connectivity index is 2.23. The quantitative estimate of drug-likeness (QED) is 0.464. The maximum Gasteiger partial charge on any atom is 0.183 e. The van der Waals surface area contributed by atoms with Crippen LogP contribution in [0.3, 0.4) is 0 Å². The van der Waals surface area contributed by atoms with E-state index < -0.39 is 16.6 Å². The summed E-state index contributed by atoms with van der Waals surface area (Å²) in [4.78, 5) is 39.9. The van der Waals surface area contributed by atoms with E-state index in [9.17, 15) is 19.5 Å². The largest absolute Gasteiger partial charge is 0.510 e. The predicted molar refractivity (Wildman–Crippen MR) is 99.5 cm³/mol. The van der Waals surface area contributed by atoms with Gasteiger partial charge in [-0.2, -0.15) is 0 Å². The van der Waals surface area contributed by atoms with Crippen molar-refractivity contribution in [3.8, 4) is 0 Å². The van der Waals surface area contributed by atoms with Gasteiger partial charge in [-0.25, -0.2) is 0 Å². The summed E-state index contributed by atoms with van der Waals surface area (Å²) < 4.78 is 0. The van der Waals surface area contributed by atoms with Crippen molar-refractivity contribution in [2.24, 2.45) is 34.0 Å². The van der Waals surface area contributed by atoms with Gasteiger partial charge in [0.25, 0.3) is 0 Å². The normalized spacial score (nSPS) is 39.2. The molecule has 0 unspecified atom stereocenters. The van der Waals surface area contributed by atoms with Crippen LogP contribution in [0.25, 0.3) is 0 Å². The third-order valence-corrected chi connectivity index (χ3v) is 7.73. The number of fused-ring (bicyclic) bond motifs is 1. The zero-order valence-electron chi connectivity index (χ0n) is 16.7. The Morgan fingerprint density at radius 3 is 2.35 bits per heavy atom. The van der Waals surface area contributed by atoms with E-state index in [1.165, 1.54) is 0 Å². The second-order valence-electron chi connectivity index (χ2n) is 9.54. The van der Waals surface area contributed by atoms with Gasteiger partial charge in [0.15, 0.2) is 17.3 Å². The highest BCUT2D eigenvalue weighted by atomic mass is 16.3. The fraction of sp³-hybridized carbons (Fsp3) is 0.682. The van der Waals surface area contributed by atoms with Crippen molar-refractivity contribution in [1.29, 1.82) is 0 Å². The highest BCUT2D eigenvalue weighted by Crippen LogP contribution is 2.71. The Morgan fingerprint density at radius 2 is 1.85 bits per heavy atom. The zero-order chi connectivity index (χ0) is 19.8. The lowest BCUT2D eigenvalue weighted by atomic mass is 9.64. The van der Waals surface area contributed by atoms with E-state index in [0.717, 1.165) is 5.57 Å². The average Bonchev–Trinajstić information content (AvgIpc) is 2.92. The van der Waals surface area contributed by atoms with Crippen LogP contribution in [-0.2, 0) is 14.4 Å². The Hall–Kier alpha value is -1.71. The molecule has 0 aliphatic heterocycles. The topological polar surface area (TPSA) is 71.4 Å². The van der Waals surface area contributed by atoms with Gasteiger partial charge < -0.3 is 5.11 Å². The summed E-state index contributed by atoms with van der Waals surface area (Å²) in [6.07, 6.45) is 1.40. The first-order valence-corrected chi connectivity index (χ1v) is 9.60. The lowest BCUT2D eigenvalue weighted by Gasteiger charge is -2.35. The van der Waals surface area contributed by atoms with Gasteiger partial charge in [-0.05, 0) is 50.4 Å². The molecular weight excluding hydrogens is 328 g/mol. The maximum absolute atomic E-state index is 13.6. The van der Waals surface area contributed by atoms with Crippen LogP contribution in [0.1, 0.15) is 60.8 Å². The van der Waals surface area contributed by atoms with Crippen molar-refractivity contribution in [1.82, 2.24) is 0 Å². The monoisotopic (exact) mass is 358 g/mol. The number of carbonyl (C=O) groups excluding carboxylic acids is 3. The molecule has 3 aliphatic carbocycles. The first-order chi connectivity index (χ1) is 11.9. The lowest BCUT2D eigenvalue weighted by molar-refractivity contribution is -0.144. The zero-order valence-corrected chi connectivity index (χ0v) is 16.7. The molecule has 0 amide bonds. The van der Waals surface area contributed by atoms with Crippen molar-refractivity contribution in [2.75, 3.05) is 0 Å². The van der Waals surface area contributed by atoms with Crippen LogP contribution in [0, 0.1) is 34.0 Å². The van der Waals surface area contributed by atoms with Crippen molar-refractivity contribution in [3.63, 3.8) is 0 Å². The summed E-state index contributed by atoms with van der Waals surface area (Å²) in [5.74, 6) is -1.76. The Bertz CT molecular complexity index is 771. The molecule has 2 fully saturated rings. The van der Waals surface area contributed by atoms with Crippen LogP contribution in [-0.4, -0.2) is 22.5 Å². The van der Waals surface area contributed by atoms with Gasteiger partial charge in [0.1, 0.15) is 11.3 Å². The van der Waals surface area contributed by atoms with Gasteiger partial charge >= 0.3 is 0 Å². The summed E-state index contributed by atoms with van der Waals surface area (Å²) in [6.45, 7) is 15.6. The van der Waals surface area contributed by atoms with Crippen LogP contribution in [0.2, 0.25) is 0 Å². The molecule has 0 aromatic rings. The molecule has 1 N–H and O–H groups in total. The second kappa shape index (κ2) is 5.40. The Morgan fingerprint density at radius 1 is 1.27 bits per heavy atom. The number of carbonyl (C=O) groups is 3. The number of rotatable bonds is 4. The number of ketones is 3. The minimum Gasteiger partial charge on any atom is -0.510 e. The Labute approximate surface area is 155 Å². The summed E-state index contributed by atoms with van der Waals surface area (Å²) in [5.41, 5.74) is -1.75. The van der Waals surface area contributed by atoms with E-state index in [1.54, 1.807) is 13.8 Å². The van der Waals surface area contributed by atoms with Gasteiger partial charge in [-0.15, -0.1) is 0 Å². The predicted octanol–water partition coefficient (Wildman–Crippen LogP) is 4.20. The number of aliphatic hydroxyl groups excluding tert-OH is 1. The van der Waals surface area contributed by atoms with Crippen LogP contribution < -0.4 is 0 Å². The molecule has 0 aromatic heterocycles. The number of hydrogen-bond donors (Lipinski definition) is 1. The molecule has 3 rings (SSSR count). The first-order valence-electron chi connectivity index (χ1n) is 9.60. The van der Waals surface area contributed by atoms with E-state index in [2.05, 4.69) is 20.4 Å². The standard InChI is InChI=1S/C22H30O4/c1-8-12(4)16(23)15-17(24)21(7)10-14-20(5,6)13(11(2)3)9-22(14,18(15)25)19(21)26/h12-14,24H,2,8-10H2,1,3-7H3/t12-,13-,14+,21+,22-/m1/s1. The molecule has 4 heteroatoms. The Kier molecular flexibility index (Phi) is 3.96. The summed E-state index contributed by atoms with van der Waals surface area (Å²) in [5, 5.41) is 10.9. The smallest absolute Gasteiger partial charge is 0.183 e. The SMILES string of the molecule is C=C(C)[C@H]1C[C@]23C(=O)C(C(=O)[C@H](C)CC)=C(O)[C@](C)(C[C@H]2C1(C)C)C3=O. The first kappa shape index (κ1) is 19.1. The fourth-order valence-corrected chi connectivity index (χ4v) is 5.92. The van der Waals surface area contributed by atoms with E-state index in [0.29, 0.717) is 19.3 Å². The van der Waals surface area contributed by atoms with Gasteiger partial charge in [-0.3, -0.25) is 14.4 Å². The van der Waals surface area contributed by atoms with Gasteiger partial charge in [-0.1, -0.05) is 39.8 Å². The molecule has 0 saturated heterocycles. The summed E-state index contributed by atoms with van der Waals surface area (Å²) in [6, 6.07) is 0. The number of aliphatic hydroxyl groups is 1. The highest BCUT2D eigenvalue weighted by molar-refractivity contribution is 6.32. The molecule has 142 valence electrons. The molecule has 1 spiro atoms. The van der Waals surface area contributed by atoms with E-state index >= 15 is 0 Å². The minimum absolute atomic E-state index is 0.0464. The third-order valence-electron chi connectivity index (χ3n) is 7.73. The third kappa shape index (κ3) is 1.93. The number of allylic oxidation sites excluding steroid dienone is 3. The number of hydrogen-bond acceptors (Lipinski definition) is 4. The molecule has 0 heterocycles. The van der Waals surface area contributed by atoms with Crippen LogP contribution in [0.4, 0.5) is 0 Å². The van der Waals surface area contributed by atoms with Gasteiger partial charge in [0.05, 0.1) is 10.8 Å². The molecule has 2 saturated carbocycles. The number of Topliss-reactive ketones (excluding diaryl/α,β-unsaturated/α-hetero) is 3. The molecular formula is C22H30O4. The summed E-state index contributed by atoms with van der Waals surface area (Å²) in [7, 11) is 0. The average molecular weight is 358 g/mol. The highest BCUT2D eigenvalue weighted by Gasteiger charge is 2.76. The van der Waals surface area contributed by atoms with E-state index in [4.69, 9.17) is 0 Å². The lowest BCUT2D eigenvalue weighted by Crippen LogP contribution is -2.49. The van der Waals surface area contributed by atoms with Gasteiger partial charge in [0.2, 0.25) is 0 Å². The van der Waals surface area contributed by atoms with Crippen molar-refractivity contribution >= 4 is 17.3 Å². The fourth-order valence-electron chi connectivity index (χ4n) is 5.92. The van der Waals surface area contributed by atoms with Crippen LogP contribution in [0.15, 0.2) is 23.5 Å². The molecule has 5 atom stereocenters. The van der Waals surface area contributed by atoms with Crippen molar-refractivity contribution in [2.45, 2.75) is 60.8 Å². The summed E-state index contributed by atoms with van der Waals surface area (Å²) >= 11 is 0. The van der Waals surface area contributed by atoms with Crippen LogP contribution >= 0.6 is 0 Å². The molecule has 2 bridgehead atoms. The van der Waals surface area contributed by atoms with E-state index in [-0.39, 0.29) is 46.1 Å². The minimum atomic E-state index is -1.19. The van der Waals surface area contributed by atoms with Crippen molar-refractivity contribution in [3.05, 3.63) is 23.5 Å². The van der Waals surface area contributed by atoms with Gasteiger partial charge in [0, 0.05) is 5.92 Å². The van der Waals surface area contributed by atoms with E-state index in [1.807, 2.05) is 13.8 Å². The molecule has 0 radical (unpaired) electrons. The molecule has 3 aliphatic rings. The van der Waals surface area contributed by atoms with Crippen molar-refractivity contribution < 1.29 is 19.5 Å². The van der Waals surface area contributed by atoms with Crippen LogP contribution in [0.5, 0.6) is 0 Å². The molecule has 0 aromatic carbocycles. The maximum atomic E-state index is 13.6.